The molecule has 6 heteroatoms. The monoisotopic (exact) mass is 332 g/mol. The Morgan fingerprint density at radius 1 is 1.25 bits per heavy atom. The van der Waals surface area contributed by atoms with E-state index in [0.717, 1.165) is 38.8 Å². The molecule has 1 aliphatic carbocycles. The van der Waals surface area contributed by atoms with Crippen LogP contribution in [-0.2, 0) is 16.6 Å². The Morgan fingerprint density at radius 3 is 2.96 bits per heavy atom. The van der Waals surface area contributed by atoms with Gasteiger partial charge in [-0.25, -0.2) is 0 Å². The van der Waals surface area contributed by atoms with Gasteiger partial charge < -0.3 is 9.64 Å². The zero-order valence-corrected chi connectivity index (χ0v) is 14.6. The van der Waals surface area contributed by atoms with Crippen molar-refractivity contribution in [3.63, 3.8) is 0 Å². The van der Waals surface area contributed by atoms with E-state index in [4.69, 9.17) is 4.74 Å². The van der Waals surface area contributed by atoms with E-state index >= 15 is 0 Å². The Bertz CT molecular complexity index is 585. The van der Waals surface area contributed by atoms with E-state index < -0.39 is 0 Å². The molecule has 0 aromatic carbocycles. The number of carbonyl (C=O) groups excluding carboxylic acids is 1. The minimum Gasteiger partial charge on any atom is -0.374 e. The van der Waals surface area contributed by atoms with Crippen LogP contribution in [0.3, 0.4) is 0 Å². The SMILES string of the molecule is Cn1cc(C2CCCN2CC(=O)N2CCOC3CCCCC32)cn1. The molecule has 24 heavy (non-hydrogen) atoms. The van der Waals surface area contributed by atoms with Crippen molar-refractivity contribution >= 4 is 5.91 Å². The first-order valence-electron chi connectivity index (χ1n) is 9.36. The number of carbonyl (C=O) groups is 1. The molecule has 0 spiro atoms. The standard InChI is InChI=1S/C18H28N4O2/c1-20-12-14(11-19-20)15-6-4-8-21(15)13-18(23)22-9-10-24-17-7-3-2-5-16(17)22/h11-12,15-17H,2-10,13H2,1H3. The summed E-state index contributed by atoms with van der Waals surface area (Å²) in [6, 6.07) is 0.644. The van der Waals surface area contributed by atoms with Crippen molar-refractivity contribution in [3.05, 3.63) is 18.0 Å². The summed E-state index contributed by atoms with van der Waals surface area (Å²) < 4.78 is 7.76. The molecular formula is C18H28N4O2. The molecular weight excluding hydrogens is 304 g/mol. The number of ether oxygens (including phenoxy) is 1. The highest BCUT2D eigenvalue weighted by atomic mass is 16.5. The molecule has 3 unspecified atom stereocenters. The van der Waals surface area contributed by atoms with Crippen molar-refractivity contribution in [2.45, 2.75) is 56.7 Å². The Kier molecular flexibility index (Phi) is 4.59. The van der Waals surface area contributed by atoms with Crippen molar-refractivity contribution in [1.82, 2.24) is 19.6 Å². The minimum atomic E-state index is 0.268. The highest BCUT2D eigenvalue weighted by molar-refractivity contribution is 5.79. The fourth-order valence-electron chi connectivity index (χ4n) is 4.68. The third-order valence-corrected chi connectivity index (χ3v) is 5.86. The molecule has 3 aliphatic rings. The highest BCUT2D eigenvalue weighted by Gasteiger charge is 2.38. The fraction of sp³-hybridized carbons (Fsp3) is 0.778. The number of aryl methyl sites for hydroxylation is 1. The van der Waals surface area contributed by atoms with Gasteiger partial charge in [0.15, 0.2) is 0 Å². The zero-order chi connectivity index (χ0) is 16.5. The van der Waals surface area contributed by atoms with Crippen LogP contribution in [0.5, 0.6) is 0 Å². The molecule has 1 aromatic heterocycles. The van der Waals surface area contributed by atoms with Gasteiger partial charge in [-0.3, -0.25) is 14.4 Å². The van der Waals surface area contributed by atoms with Crippen LogP contribution in [0.25, 0.3) is 0 Å². The highest BCUT2D eigenvalue weighted by Crippen LogP contribution is 2.32. The van der Waals surface area contributed by atoms with Gasteiger partial charge in [0.2, 0.25) is 5.91 Å². The molecule has 3 atom stereocenters. The minimum absolute atomic E-state index is 0.268. The van der Waals surface area contributed by atoms with E-state index in [-0.39, 0.29) is 12.0 Å². The average molecular weight is 332 g/mol. The van der Waals surface area contributed by atoms with Crippen LogP contribution < -0.4 is 0 Å². The van der Waals surface area contributed by atoms with E-state index in [1.807, 2.05) is 17.9 Å². The van der Waals surface area contributed by atoms with Gasteiger partial charge in [0.1, 0.15) is 0 Å². The first kappa shape index (κ1) is 16.1. The topological polar surface area (TPSA) is 50.6 Å². The van der Waals surface area contributed by atoms with E-state index in [1.54, 1.807) is 0 Å². The van der Waals surface area contributed by atoms with Gasteiger partial charge in [-0.15, -0.1) is 0 Å². The van der Waals surface area contributed by atoms with Crippen molar-refractivity contribution in [2.75, 3.05) is 26.2 Å². The van der Waals surface area contributed by atoms with Crippen LogP contribution in [0.4, 0.5) is 0 Å². The maximum atomic E-state index is 13.0. The summed E-state index contributed by atoms with van der Waals surface area (Å²) in [7, 11) is 1.95. The summed E-state index contributed by atoms with van der Waals surface area (Å²) in [5.41, 5.74) is 1.24. The number of aromatic nitrogens is 2. The number of amides is 1. The lowest BCUT2D eigenvalue weighted by Crippen LogP contribution is -2.56. The lowest BCUT2D eigenvalue weighted by molar-refractivity contribution is -0.150. The number of morpholine rings is 1. The first-order chi connectivity index (χ1) is 11.7. The van der Waals surface area contributed by atoms with Crippen molar-refractivity contribution in [3.8, 4) is 0 Å². The molecule has 1 aromatic rings. The zero-order valence-electron chi connectivity index (χ0n) is 14.6. The number of hydrogen-bond acceptors (Lipinski definition) is 4. The van der Waals surface area contributed by atoms with E-state index in [0.29, 0.717) is 25.2 Å². The van der Waals surface area contributed by atoms with Crippen molar-refractivity contribution in [2.24, 2.45) is 7.05 Å². The lowest BCUT2D eigenvalue weighted by atomic mass is 9.90. The second kappa shape index (κ2) is 6.84. The smallest absolute Gasteiger partial charge is 0.237 e. The van der Waals surface area contributed by atoms with Gasteiger partial charge in [0.25, 0.3) is 0 Å². The van der Waals surface area contributed by atoms with Gasteiger partial charge in [0, 0.05) is 31.4 Å². The number of hydrogen-bond donors (Lipinski definition) is 0. The van der Waals surface area contributed by atoms with Crippen LogP contribution in [0.1, 0.15) is 50.1 Å². The van der Waals surface area contributed by atoms with Crippen LogP contribution in [0.2, 0.25) is 0 Å². The molecule has 2 saturated heterocycles. The molecule has 6 nitrogen and oxygen atoms in total. The number of nitrogens with zero attached hydrogens (tertiary/aromatic N) is 4. The molecule has 2 aliphatic heterocycles. The first-order valence-corrected chi connectivity index (χ1v) is 9.36. The summed E-state index contributed by atoms with van der Waals surface area (Å²) in [6.07, 6.45) is 11.2. The lowest BCUT2D eigenvalue weighted by Gasteiger charge is -2.44. The molecule has 0 bridgehead atoms. The molecule has 3 fully saturated rings. The summed E-state index contributed by atoms with van der Waals surface area (Å²) in [5.74, 6) is 0.283. The summed E-state index contributed by atoms with van der Waals surface area (Å²) in [6.45, 7) is 2.98. The van der Waals surface area contributed by atoms with Crippen molar-refractivity contribution in [1.29, 1.82) is 0 Å². The summed E-state index contributed by atoms with van der Waals surface area (Å²) in [4.78, 5) is 17.5. The molecule has 1 saturated carbocycles. The molecule has 0 N–H and O–H groups in total. The molecule has 3 heterocycles. The largest absolute Gasteiger partial charge is 0.374 e. The van der Waals surface area contributed by atoms with Gasteiger partial charge in [-0.1, -0.05) is 12.8 Å². The quantitative estimate of drug-likeness (QED) is 0.846. The van der Waals surface area contributed by atoms with Crippen LogP contribution in [-0.4, -0.2) is 63.9 Å². The van der Waals surface area contributed by atoms with E-state index in [1.165, 1.54) is 18.4 Å². The van der Waals surface area contributed by atoms with Crippen LogP contribution >= 0.6 is 0 Å². The number of rotatable bonds is 3. The fourth-order valence-corrected chi connectivity index (χ4v) is 4.68. The Morgan fingerprint density at radius 2 is 2.12 bits per heavy atom. The Hall–Kier alpha value is -1.40. The molecule has 4 rings (SSSR count). The van der Waals surface area contributed by atoms with Gasteiger partial charge in [0.05, 0.1) is 31.5 Å². The predicted octanol–water partition coefficient (Wildman–Crippen LogP) is 1.73. The average Bonchev–Trinajstić information content (AvgIpc) is 3.23. The molecule has 1 amide bonds. The molecule has 0 radical (unpaired) electrons. The third-order valence-electron chi connectivity index (χ3n) is 5.86. The van der Waals surface area contributed by atoms with E-state index in [9.17, 15) is 4.79 Å². The normalized spacial score (nSPS) is 31.2. The van der Waals surface area contributed by atoms with Crippen LogP contribution in [0.15, 0.2) is 12.4 Å². The summed E-state index contributed by atoms with van der Waals surface area (Å²) in [5, 5.41) is 4.30. The van der Waals surface area contributed by atoms with Crippen molar-refractivity contribution < 1.29 is 9.53 Å². The second-order valence-corrected chi connectivity index (χ2v) is 7.42. The molecule has 132 valence electrons. The van der Waals surface area contributed by atoms with Gasteiger partial charge >= 0.3 is 0 Å². The maximum Gasteiger partial charge on any atom is 0.237 e. The Labute approximate surface area is 143 Å². The Balaban J connectivity index is 1.43. The predicted molar refractivity (Wildman–Crippen MR) is 90.5 cm³/mol. The van der Waals surface area contributed by atoms with Crippen LogP contribution in [0, 0.1) is 0 Å². The van der Waals surface area contributed by atoms with Gasteiger partial charge in [-0.2, -0.15) is 5.10 Å². The number of fused-ring (bicyclic) bond motifs is 1. The van der Waals surface area contributed by atoms with Gasteiger partial charge in [-0.05, 0) is 32.2 Å². The second-order valence-electron chi connectivity index (χ2n) is 7.42. The maximum absolute atomic E-state index is 13.0. The van der Waals surface area contributed by atoms with E-state index in [2.05, 4.69) is 21.1 Å². The summed E-state index contributed by atoms with van der Waals surface area (Å²) >= 11 is 0. The third kappa shape index (κ3) is 3.09. The number of likely N-dealkylation sites (tertiary alicyclic amines) is 1.